The minimum absolute atomic E-state index is 1.01. The van der Waals surface area contributed by atoms with Gasteiger partial charge in [0.25, 0.3) is 0 Å². The van der Waals surface area contributed by atoms with Gasteiger partial charge in [0.2, 0.25) is 0 Å². The van der Waals surface area contributed by atoms with Crippen molar-refractivity contribution in [1.82, 2.24) is 0 Å². The van der Waals surface area contributed by atoms with E-state index in [1.165, 1.54) is 24.9 Å². The van der Waals surface area contributed by atoms with E-state index in [0.29, 0.717) is 0 Å². The molecule has 0 aromatic heterocycles. The highest BCUT2D eigenvalue weighted by molar-refractivity contribution is 8.14. The third kappa shape index (κ3) is 5.03. The van der Waals surface area contributed by atoms with Crippen molar-refractivity contribution >= 4 is 19.3 Å². The van der Waals surface area contributed by atoms with Crippen LogP contribution in [0.4, 0.5) is 0 Å². The lowest BCUT2D eigenvalue weighted by molar-refractivity contribution is 1.00. The van der Waals surface area contributed by atoms with Crippen LogP contribution in [-0.2, 0) is 0 Å². The van der Waals surface area contributed by atoms with Crippen LogP contribution in [0.25, 0.3) is 0 Å². The van der Waals surface area contributed by atoms with Gasteiger partial charge in [-0.15, -0.1) is 0 Å². The molecule has 0 aliphatic heterocycles. The minimum Gasteiger partial charge on any atom is -0.202 e. The molecule has 9 heavy (non-hydrogen) atoms. The van der Waals surface area contributed by atoms with Crippen LogP contribution in [0.15, 0.2) is 0 Å². The first-order chi connectivity index (χ1) is 4.12. The van der Waals surface area contributed by atoms with Gasteiger partial charge in [-0.2, -0.15) is 0 Å². The molecule has 0 nitrogen and oxygen atoms in total. The first kappa shape index (κ1) is 9.57. The molecule has 0 aliphatic carbocycles. The van der Waals surface area contributed by atoms with E-state index in [4.69, 9.17) is 0 Å². The van der Waals surface area contributed by atoms with E-state index < -0.39 is 7.22 Å². The van der Waals surface area contributed by atoms with Gasteiger partial charge in [0.15, 0.2) is 0 Å². The van der Waals surface area contributed by atoms with Crippen LogP contribution < -0.4 is 0 Å². The van der Waals surface area contributed by atoms with E-state index in [1.807, 2.05) is 0 Å². The van der Waals surface area contributed by atoms with Gasteiger partial charge in [-0.25, -0.2) is 12.1 Å². The lowest BCUT2D eigenvalue weighted by Crippen LogP contribution is -2.20. The monoisotopic (exact) mass is 162 g/mol. The number of hydrogen-bond donors (Lipinski definition) is 1. The Labute approximate surface area is 65.1 Å². The average Bonchev–Trinajstić information content (AvgIpc) is 1.64. The number of hydrogen-bond acceptors (Lipinski definition) is 1. The molecule has 0 radical (unpaired) electrons. The zero-order valence-electron chi connectivity index (χ0n) is 6.78. The molecule has 56 valence electrons. The zero-order chi connectivity index (χ0) is 7.33. The van der Waals surface area contributed by atoms with E-state index in [0.717, 1.165) is 0 Å². The molecule has 0 saturated carbocycles. The van der Waals surface area contributed by atoms with Crippen LogP contribution in [0.5, 0.6) is 0 Å². The minimum atomic E-state index is -1.01. The lowest BCUT2D eigenvalue weighted by atomic mass is 10.6. The van der Waals surface area contributed by atoms with Crippen LogP contribution in [0, 0.1) is 0 Å². The molecule has 0 rings (SSSR count). The van der Waals surface area contributed by atoms with Crippen molar-refractivity contribution in [3.05, 3.63) is 0 Å². The van der Waals surface area contributed by atoms with Gasteiger partial charge in [0, 0.05) is 0 Å². The summed E-state index contributed by atoms with van der Waals surface area (Å²) in [6.07, 6.45) is 2.62. The Balaban J connectivity index is 3.43. The third-order valence-electron chi connectivity index (χ3n) is 1.58. The number of thiol groups is 1. The van der Waals surface area contributed by atoms with Crippen molar-refractivity contribution in [3.63, 3.8) is 0 Å². The van der Waals surface area contributed by atoms with Gasteiger partial charge in [0.1, 0.15) is 7.22 Å². The molecule has 0 N–H and O–H groups in total. The second kappa shape index (κ2) is 4.39. The second-order valence-corrected chi connectivity index (χ2v) is 10.2. The van der Waals surface area contributed by atoms with Gasteiger partial charge in [0.05, 0.1) is 0 Å². The molecule has 0 unspecified atom stereocenters. The smallest absolute Gasteiger partial charge is 0.110 e. The van der Waals surface area contributed by atoms with E-state index in [2.05, 4.69) is 32.5 Å². The summed E-state index contributed by atoms with van der Waals surface area (Å²) < 4.78 is 0. The molecule has 0 aromatic carbocycles. The normalized spacial score (nSPS) is 12.0. The summed E-state index contributed by atoms with van der Waals surface area (Å²) in [5.74, 6) is 0. The molecule has 0 bridgehead atoms. The molecule has 0 aliphatic rings. The molecule has 0 saturated heterocycles. The maximum Gasteiger partial charge on any atom is 0.110 e. The molecule has 0 amide bonds. The Morgan fingerprint density at radius 2 is 1.44 bits per heavy atom. The standard InChI is InChI=1S/C7H18SSi/c1-4-6-9(3,8)7-5-2/h8H,4-7H2,1-3H3. The molecule has 0 aromatic rings. The summed E-state index contributed by atoms with van der Waals surface area (Å²) >= 11 is 4.69. The number of rotatable bonds is 4. The van der Waals surface area contributed by atoms with Crippen LogP contribution in [0.2, 0.25) is 18.6 Å². The van der Waals surface area contributed by atoms with Crippen molar-refractivity contribution in [2.75, 3.05) is 0 Å². The van der Waals surface area contributed by atoms with Crippen molar-refractivity contribution in [3.8, 4) is 0 Å². The third-order valence-corrected chi connectivity index (χ3v) is 6.07. The fraction of sp³-hybridized carbons (Fsp3) is 1.00. The van der Waals surface area contributed by atoms with Crippen molar-refractivity contribution < 1.29 is 0 Å². The molecule has 0 heterocycles. The van der Waals surface area contributed by atoms with Gasteiger partial charge in [-0.1, -0.05) is 33.2 Å². The van der Waals surface area contributed by atoms with Crippen molar-refractivity contribution in [1.29, 1.82) is 0 Å². The van der Waals surface area contributed by atoms with Gasteiger partial charge in [-0.05, 0) is 12.1 Å². The molecule has 0 atom stereocenters. The predicted octanol–water partition coefficient (Wildman–Crippen LogP) is 3.31. The summed E-state index contributed by atoms with van der Waals surface area (Å²) in [4.78, 5) is 0. The largest absolute Gasteiger partial charge is 0.202 e. The van der Waals surface area contributed by atoms with Gasteiger partial charge >= 0.3 is 0 Å². The van der Waals surface area contributed by atoms with E-state index in [9.17, 15) is 0 Å². The lowest BCUT2D eigenvalue weighted by Gasteiger charge is -2.18. The van der Waals surface area contributed by atoms with E-state index in [-0.39, 0.29) is 0 Å². The molecule has 0 fully saturated rings. The highest BCUT2D eigenvalue weighted by Gasteiger charge is 2.18. The maximum atomic E-state index is 4.69. The van der Waals surface area contributed by atoms with E-state index >= 15 is 0 Å². The Morgan fingerprint density at radius 3 is 1.67 bits per heavy atom. The molecule has 2 heteroatoms. The second-order valence-electron chi connectivity index (χ2n) is 3.00. The zero-order valence-corrected chi connectivity index (χ0v) is 8.67. The Morgan fingerprint density at radius 1 is 1.11 bits per heavy atom. The van der Waals surface area contributed by atoms with Crippen LogP contribution in [-0.4, -0.2) is 7.22 Å². The van der Waals surface area contributed by atoms with E-state index in [1.54, 1.807) is 0 Å². The predicted molar refractivity (Wildman–Crippen MR) is 50.8 cm³/mol. The first-order valence-corrected chi connectivity index (χ1v) is 8.05. The first-order valence-electron chi connectivity index (χ1n) is 3.84. The molecular weight excluding hydrogens is 144 g/mol. The summed E-state index contributed by atoms with van der Waals surface area (Å²) in [5, 5.41) is 0. The van der Waals surface area contributed by atoms with Gasteiger partial charge < -0.3 is 0 Å². The fourth-order valence-electron chi connectivity index (χ4n) is 1.20. The average molecular weight is 162 g/mol. The fourth-order valence-corrected chi connectivity index (χ4v) is 4.95. The maximum absolute atomic E-state index is 4.69. The Kier molecular flexibility index (Phi) is 4.67. The Bertz CT molecular complexity index is 63.3. The van der Waals surface area contributed by atoms with Crippen molar-refractivity contribution in [2.45, 2.75) is 45.3 Å². The van der Waals surface area contributed by atoms with Gasteiger partial charge in [-0.3, -0.25) is 0 Å². The SMILES string of the molecule is CCC[Si](C)(S)CCC. The quantitative estimate of drug-likeness (QED) is 0.476. The van der Waals surface area contributed by atoms with Crippen molar-refractivity contribution in [2.24, 2.45) is 0 Å². The summed E-state index contributed by atoms with van der Waals surface area (Å²) in [6, 6.07) is 2.76. The topological polar surface area (TPSA) is 0 Å². The molecular formula is C7H18SSi. The highest BCUT2D eigenvalue weighted by atomic mass is 32.3. The van der Waals surface area contributed by atoms with Crippen LogP contribution >= 0.6 is 12.1 Å². The summed E-state index contributed by atoms with van der Waals surface area (Å²) in [7, 11) is -1.01. The van der Waals surface area contributed by atoms with Crippen LogP contribution in [0.3, 0.4) is 0 Å². The summed E-state index contributed by atoms with van der Waals surface area (Å²) in [5.41, 5.74) is 0. The molecule has 0 spiro atoms. The Hall–Kier alpha value is 0.567. The summed E-state index contributed by atoms with van der Waals surface area (Å²) in [6.45, 7) is 6.86. The highest BCUT2D eigenvalue weighted by Crippen LogP contribution is 2.22. The van der Waals surface area contributed by atoms with Crippen LogP contribution in [0.1, 0.15) is 26.7 Å².